The van der Waals surface area contributed by atoms with Crippen molar-refractivity contribution in [2.75, 3.05) is 33.5 Å². The molecule has 0 saturated carbocycles. The van der Waals surface area contributed by atoms with Crippen LogP contribution in [-0.2, 0) is 20.8 Å². The number of rotatable bonds is 9. The number of hydrogen-bond donors (Lipinski definition) is 1. The van der Waals surface area contributed by atoms with Gasteiger partial charge in [-0.15, -0.1) is 0 Å². The molecule has 0 aliphatic heterocycles. The van der Waals surface area contributed by atoms with E-state index in [4.69, 9.17) is 9.47 Å². The van der Waals surface area contributed by atoms with Crippen LogP contribution in [0.5, 0.6) is 0 Å². The van der Waals surface area contributed by atoms with Crippen LogP contribution >= 0.6 is 0 Å². The van der Waals surface area contributed by atoms with Gasteiger partial charge in [0.15, 0.2) is 0 Å². The highest BCUT2D eigenvalue weighted by Crippen LogP contribution is 2.02. The minimum Gasteiger partial charge on any atom is -0.371 e. The first-order chi connectivity index (χ1) is 11.2. The van der Waals surface area contributed by atoms with Crippen LogP contribution in [0.4, 0.5) is 4.39 Å². The van der Waals surface area contributed by atoms with Crippen molar-refractivity contribution < 1.29 is 18.7 Å². The number of carbonyl (C=O) groups excluding carboxylic acids is 1. The molecule has 0 bridgehead atoms. The second-order valence-corrected chi connectivity index (χ2v) is 4.34. The first-order valence-electron chi connectivity index (χ1n) is 7.78. The molecule has 1 N–H and O–H groups in total. The summed E-state index contributed by atoms with van der Waals surface area (Å²) in [5.41, 5.74) is 2.16. The van der Waals surface area contributed by atoms with Crippen molar-refractivity contribution in [3.63, 3.8) is 0 Å². The Labute approximate surface area is 138 Å². The van der Waals surface area contributed by atoms with Gasteiger partial charge in [-0.1, -0.05) is 37.8 Å². The second kappa shape index (κ2) is 15.2. The van der Waals surface area contributed by atoms with E-state index in [9.17, 15) is 9.18 Å². The van der Waals surface area contributed by atoms with Crippen LogP contribution < -0.4 is 5.32 Å². The lowest BCUT2D eigenvalue weighted by molar-refractivity contribution is -0.134. The molecule has 128 valence electrons. The van der Waals surface area contributed by atoms with Gasteiger partial charge < -0.3 is 14.8 Å². The van der Waals surface area contributed by atoms with E-state index in [0.29, 0.717) is 26.2 Å². The fourth-order valence-electron chi connectivity index (χ4n) is 1.59. The maximum Gasteiger partial charge on any atom is 0.326 e. The van der Waals surface area contributed by atoms with Gasteiger partial charge in [0.05, 0.1) is 6.61 Å². The molecule has 23 heavy (non-hydrogen) atoms. The molecule has 0 atom stereocenters. The van der Waals surface area contributed by atoms with E-state index in [-0.39, 0.29) is 0 Å². The number of hydrogen-bond acceptors (Lipinski definition) is 4. The SMILES string of the molecule is CC.CNCc1ccc(C#CCOCCCOCC(=O)F)cc1. The van der Waals surface area contributed by atoms with Gasteiger partial charge in [0.2, 0.25) is 0 Å². The van der Waals surface area contributed by atoms with E-state index >= 15 is 0 Å². The normalized spacial score (nSPS) is 9.39. The van der Waals surface area contributed by atoms with Gasteiger partial charge in [-0.05, 0) is 31.2 Å². The summed E-state index contributed by atoms with van der Waals surface area (Å²) in [5.74, 6) is 5.93. The molecule has 0 fully saturated rings. The Hall–Kier alpha value is -1.74. The molecule has 0 amide bonds. The zero-order chi connectivity index (χ0) is 17.3. The first kappa shape index (κ1) is 21.3. The lowest BCUT2D eigenvalue weighted by atomic mass is 10.1. The zero-order valence-electron chi connectivity index (χ0n) is 14.2. The van der Waals surface area contributed by atoms with Gasteiger partial charge in [0.25, 0.3) is 0 Å². The lowest BCUT2D eigenvalue weighted by Crippen LogP contribution is -2.06. The zero-order valence-corrected chi connectivity index (χ0v) is 14.2. The van der Waals surface area contributed by atoms with Crippen molar-refractivity contribution in [3.05, 3.63) is 35.4 Å². The maximum absolute atomic E-state index is 11.8. The van der Waals surface area contributed by atoms with Gasteiger partial charge in [-0.2, -0.15) is 4.39 Å². The Morgan fingerprint density at radius 2 is 1.83 bits per heavy atom. The molecule has 0 heterocycles. The average Bonchev–Trinajstić information content (AvgIpc) is 2.56. The molecule has 1 rings (SSSR count). The van der Waals surface area contributed by atoms with E-state index in [0.717, 1.165) is 12.1 Å². The van der Waals surface area contributed by atoms with Crippen molar-refractivity contribution >= 4 is 6.04 Å². The summed E-state index contributed by atoms with van der Waals surface area (Å²) in [6.07, 6.45) is 0.605. The third-order valence-electron chi connectivity index (χ3n) is 2.53. The molecule has 0 aliphatic carbocycles. The molecule has 4 nitrogen and oxygen atoms in total. The molecular weight excluding hydrogens is 297 g/mol. The molecule has 0 unspecified atom stereocenters. The Kier molecular flexibility index (Phi) is 14.0. The van der Waals surface area contributed by atoms with E-state index in [1.54, 1.807) is 0 Å². The van der Waals surface area contributed by atoms with E-state index in [2.05, 4.69) is 17.2 Å². The van der Waals surface area contributed by atoms with Crippen molar-refractivity contribution in [3.8, 4) is 11.8 Å². The minimum atomic E-state index is -1.46. The Bertz CT molecular complexity index is 477. The fraction of sp³-hybridized carbons (Fsp3) is 0.500. The molecular formula is C18H26FNO3. The Balaban J connectivity index is 0.00000232. The summed E-state index contributed by atoms with van der Waals surface area (Å²) >= 11 is 0. The van der Waals surface area contributed by atoms with Crippen LogP contribution in [0.3, 0.4) is 0 Å². The molecule has 1 aromatic rings. The minimum absolute atomic E-state index is 0.302. The second-order valence-electron chi connectivity index (χ2n) is 4.34. The monoisotopic (exact) mass is 323 g/mol. The number of benzene rings is 1. The number of nitrogens with one attached hydrogen (secondary N) is 1. The quantitative estimate of drug-likeness (QED) is 0.431. The summed E-state index contributed by atoms with van der Waals surface area (Å²) < 4.78 is 21.8. The van der Waals surface area contributed by atoms with Crippen LogP contribution in [0.25, 0.3) is 0 Å². The van der Waals surface area contributed by atoms with Crippen LogP contribution in [0, 0.1) is 11.8 Å². The largest absolute Gasteiger partial charge is 0.371 e. The predicted molar refractivity (Wildman–Crippen MR) is 89.8 cm³/mol. The Morgan fingerprint density at radius 3 is 2.43 bits per heavy atom. The van der Waals surface area contributed by atoms with Crippen LogP contribution in [0.2, 0.25) is 0 Å². The van der Waals surface area contributed by atoms with Crippen molar-refractivity contribution in [2.24, 2.45) is 0 Å². The van der Waals surface area contributed by atoms with Gasteiger partial charge in [-0.25, -0.2) is 0 Å². The summed E-state index contributed by atoms with van der Waals surface area (Å²) in [5, 5.41) is 3.08. The highest BCUT2D eigenvalue weighted by Gasteiger charge is 1.96. The van der Waals surface area contributed by atoms with Crippen LogP contribution in [0.15, 0.2) is 24.3 Å². The molecule has 0 aliphatic rings. The van der Waals surface area contributed by atoms with E-state index < -0.39 is 12.6 Å². The first-order valence-corrected chi connectivity index (χ1v) is 7.78. The molecule has 5 heteroatoms. The molecule has 0 aromatic heterocycles. The predicted octanol–water partition coefficient (Wildman–Crippen LogP) is 2.70. The maximum atomic E-state index is 11.8. The number of carbonyl (C=O) groups is 1. The third-order valence-corrected chi connectivity index (χ3v) is 2.53. The lowest BCUT2D eigenvalue weighted by Gasteiger charge is -2.00. The Morgan fingerprint density at radius 1 is 1.17 bits per heavy atom. The average molecular weight is 323 g/mol. The summed E-state index contributed by atoms with van der Waals surface area (Å²) in [6.45, 7) is 5.46. The van der Waals surface area contributed by atoms with Gasteiger partial charge in [0.1, 0.15) is 13.2 Å². The highest BCUT2D eigenvalue weighted by molar-refractivity contribution is 5.69. The standard InChI is InChI=1S/C16H20FNO3.C2H6/c1-18-12-15-7-5-14(6-8-15)4-2-9-20-10-3-11-21-13-16(17)19;1-2/h5-8,18H,3,9-13H2,1H3;1-2H3. The number of ether oxygens (including phenoxy) is 2. The van der Waals surface area contributed by atoms with Gasteiger partial charge in [0, 0.05) is 18.7 Å². The summed E-state index contributed by atoms with van der Waals surface area (Å²) in [7, 11) is 1.91. The highest BCUT2D eigenvalue weighted by atomic mass is 19.1. The summed E-state index contributed by atoms with van der Waals surface area (Å²) in [6, 6.07) is 6.56. The van der Waals surface area contributed by atoms with Crippen molar-refractivity contribution in [1.29, 1.82) is 0 Å². The van der Waals surface area contributed by atoms with Gasteiger partial charge in [-0.3, -0.25) is 4.79 Å². The number of halogens is 1. The summed E-state index contributed by atoms with van der Waals surface area (Å²) in [4.78, 5) is 9.97. The van der Waals surface area contributed by atoms with Crippen molar-refractivity contribution in [1.82, 2.24) is 5.32 Å². The van der Waals surface area contributed by atoms with Crippen LogP contribution in [-0.4, -0.2) is 39.5 Å². The van der Waals surface area contributed by atoms with E-state index in [1.165, 1.54) is 5.56 Å². The van der Waals surface area contributed by atoms with E-state index in [1.807, 2.05) is 45.2 Å². The topological polar surface area (TPSA) is 47.6 Å². The smallest absolute Gasteiger partial charge is 0.326 e. The van der Waals surface area contributed by atoms with Crippen molar-refractivity contribution in [2.45, 2.75) is 26.8 Å². The molecule has 0 saturated heterocycles. The molecule has 0 spiro atoms. The molecule has 0 radical (unpaired) electrons. The van der Waals surface area contributed by atoms with Crippen LogP contribution in [0.1, 0.15) is 31.4 Å². The molecule has 1 aromatic carbocycles. The third kappa shape index (κ3) is 12.5. The van der Waals surface area contributed by atoms with Gasteiger partial charge >= 0.3 is 6.04 Å². The fourth-order valence-corrected chi connectivity index (χ4v) is 1.59.